The summed E-state index contributed by atoms with van der Waals surface area (Å²) in [5, 5.41) is 11.9. The van der Waals surface area contributed by atoms with Crippen LogP contribution >= 0.6 is 0 Å². The number of carboxylic acid groups (broad SMARTS) is 1. The Morgan fingerprint density at radius 3 is 2.12 bits per heavy atom. The molecule has 1 atom stereocenters. The van der Waals surface area contributed by atoms with E-state index in [9.17, 15) is 9.59 Å². The van der Waals surface area contributed by atoms with E-state index < -0.39 is 23.5 Å². The monoisotopic (exact) mass is 344 g/mol. The molecule has 24 heavy (non-hydrogen) atoms. The van der Waals surface area contributed by atoms with Crippen LogP contribution in [0.1, 0.15) is 59.3 Å². The number of nitrogens with one attached hydrogen (secondary N) is 1. The molecule has 1 aliphatic carbocycles. The van der Waals surface area contributed by atoms with Crippen molar-refractivity contribution in [3.8, 4) is 0 Å². The summed E-state index contributed by atoms with van der Waals surface area (Å²) >= 11 is 0. The van der Waals surface area contributed by atoms with Gasteiger partial charge >= 0.3 is 17.9 Å². The predicted octanol–water partition coefficient (Wildman–Crippen LogP) is 2.28. The van der Waals surface area contributed by atoms with E-state index >= 15 is 4.39 Å². The molecule has 0 aromatic heterocycles. The molecule has 0 spiro atoms. The van der Waals surface area contributed by atoms with Gasteiger partial charge in [-0.05, 0) is 59.3 Å². The number of nitrogens with zero attached hydrogens (tertiary/aromatic N) is 1. The predicted molar refractivity (Wildman–Crippen MR) is 87.0 cm³/mol. The van der Waals surface area contributed by atoms with Gasteiger partial charge in [-0.15, -0.1) is 0 Å². The van der Waals surface area contributed by atoms with Crippen LogP contribution in [0.5, 0.6) is 0 Å². The molecule has 138 valence electrons. The summed E-state index contributed by atoms with van der Waals surface area (Å²) in [6.07, 6.45) is 3.77. The molecule has 2 fully saturated rings. The van der Waals surface area contributed by atoms with Gasteiger partial charge in [0.25, 0.3) is 0 Å². The number of halogens is 1. The number of ether oxygens (including phenoxy) is 1. The molecule has 6 nitrogen and oxygen atoms in total. The molecule has 1 saturated carbocycles. The lowest BCUT2D eigenvalue weighted by Gasteiger charge is -2.39. The van der Waals surface area contributed by atoms with Crippen LogP contribution in [0.15, 0.2) is 0 Å². The van der Waals surface area contributed by atoms with Crippen molar-refractivity contribution in [2.24, 2.45) is 5.92 Å². The molecule has 0 amide bonds. The van der Waals surface area contributed by atoms with Crippen molar-refractivity contribution >= 4 is 11.9 Å². The SMILES string of the molecule is CC(C)(C)OC(=O)C(F)(NC1CCC(C(=O)O)CC1)N1CCCC1. The molecule has 0 radical (unpaired) electrons. The zero-order valence-electron chi connectivity index (χ0n) is 14.8. The Balaban J connectivity index is 2.06. The summed E-state index contributed by atoms with van der Waals surface area (Å²) in [6, 6.07) is -0.223. The van der Waals surface area contributed by atoms with E-state index in [0.29, 0.717) is 38.8 Å². The highest BCUT2D eigenvalue weighted by Crippen LogP contribution is 2.30. The first kappa shape index (κ1) is 19.1. The van der Waals surface area contributed by atoms with Gasteiger partial charge in [0.15, 0.2) is 0 Å². The van der Waals surface area contributed by atoms with Gasteiger partial charge in [-0.3, -0.25) is 10.1 Å². The molecule has 0 bridgehead atoms. The molecule has 2 aliphatic rings. The molecular weight excluding hydrogens is 315 g/mol. The molecule has 1 heterocycles. The quantitative estimate of drug-likeness (QED) is 0.588. The summed E-state index contributed by atoms with van der Waals surface area (Å²) in [5.41, 5.74) is -0.767. The maximum atomic E-state index is 15.7. The molecule has 2 rings (SSSR count). The van der Waals surface area contributed by atoms with E-state index in [4.69, 9.17) is 9.84 Å². The van der Waals surface area contributed by atoms with Gasteiger partial charge in [0, 0.05) is 19.1 Å². The van der Waals surface area contributed by atoms with Crippen LogP contribution in [-0.2, 0) is 14.3 Å². The van der Waals surface area contributed by atoms with E-state index in [1.807, 2.05) is 0 Å². The highest BCUT2D eigenvalue weighted by molar-refractivity contribution is 5.79. The summed E-state index contributed by atoms with van der Waals surface area (Å²) in [6.45, 7) is 6.16. The number of likely N-dealkylation sites (tertiary alicyclic amines) is 1. The van der Waals surface area contributed by atoms with Gasteiger partial charge in [-0.1, -0.05) is 0 Å². The maximum Gasteiger partial charge on any atom is 0.376 e. The van der Waals surface area contributed by atoms with Crippen LogP contribution in [0.3, 0.4) is 0 Å². The standard InChI is InChI=1S/C17H29FN2O4/c1-16(2,3)24-15(23)17(18,20-10-4-5-11-20)19-13-8-6-12(7-9-13)14(21)22/h12-13,19H,4-11H2,1-3H3,(H,21,22). The Morgan fingerprint density at radius 1 is 1.12 bits per heavy atom. The van der Waals surface area contributed by atoms with Crippen molar-refractivity contribution in [3.63, 3.8) is 0 Å². The number of hydrogen-bond donors (Lipinski definition) is 2. The largest absolute Gasteiger partial charge is 0.481 e. The van der Waals surface area contributed by atoms with Crippen molar-refractivity contribution in [3.05, 3.63) is 0 Å². The van der Waals surface area contributed by atoms with Crippen LogP contribution < -0.4 is 5.32 Å². The second-order valence-electron chi connectivity index (χ2n) is 7.85. The Hall–Kier alpha value is -1.21. The summed E-state index contributed by atoms with van der Waals surface area (Å²) < 4.78 is 21.0. The third kappa shape index (κ3) is 4.66. The Bertz CT molecular complexity index is 466. The molecule has 0 aromatic rings. The van der Waals surface area contributed by atoms with Crippen LogP contribution in [0.4, 0.5) is 4.39 Å². The van der Waals surface area contributed by atoms with E-state index in [2.05, 4.69) is 5.32 Å². The Kier molecular flexibility index (Phi) is 5.86. The third-order valence-corrected chi connectivity index (χ3v) is 4.68. The van der Waals surface area contributed by atoms with Gasteiger partial charge < -0.3 is 9.84 Å². The average molecular weight is 344 g/mol. The highest BCUT2D eigenvalue weighted by atomic mass is 19.2. The fourth-order valence-corrected chi connectivity index (χ4v) is 3.41. The van der Waals surface area contributed by atoms with Gasteiger partial charge in [0.2, 0.25) is 0 Å². The smallest absolute Gasteiger partial charge is 0.376 e. The van der Waals surface area contributed by atoms with E-state index in [0.717, 1.165) is 12.8 Å². The normalized spacial score (nSPS) is 28.3. The minimum atomic E-state index is -2.34. The number of carbonyl (C=O) groups excluding carboxylic acids is 1. The number of carboxylic acids is 1. The van der Waals surface area contributed by atoms with E-state index in [1.54, 1.807) is 20.8 Å². The number of aliphatic carboxylic acids is 1. The second-order valence-corrected chi connectivity index (χ2v) is 7.85. The minimum absolute atomic E-state index is 0.223. The van der Waals surface area contributed by atoms with Crippen LogP contribution in [-0.4, -0.2) is 52.6 Å². The van der Waals surface area contributed by atoms with Crippen molar-refractivity contribution in [2.75, 3.05) is 13.1 Å². The zero-order chi connectivity index (χ0) is 18.0. The van der Waals surface area contributed by atoms with Crippen LogP contribution in [0, 0.1) is 5.92 Å². The molecule has 2 N–H and O–H groups in total. The van der Waals surface area contributed by atoms with Crippen LogP contribution in [0.2, 0.25) is 0 Å². The Morgan fingerprint density at radius 2 is 1.67 bits per heavy atom. The van der Waals surface area contributed by atoms with Gasteiger partial charge in [-0.25, -0.2) is 9.69 Å². The van der Waals surface area contributed by atoms with E-state index in [-0.39, 0.29) is 12.0 Å². The van der Waals surface area contributed by atoms with E-state index in [1.165, 1.54) is 4.90 Å². The summed E-state index contributed by atoms with van der Waals surface area (Å²) in [4.78, 5) is 25.1. The third-order valence-electron chi connectivity index (χ3n) is 4.68. The van der Waals surface area contributed by atoms with Crippen LogP contribution in [0.25, 0.3) is 0 Å². The fourth-order valence-electron chi connectivity index (χ4n) is 3.41. The number of alkyl halides is 1. The van der Waals surface area contributed by atoms with Crippen molar-refractivity contribution in [2.45, 2.75) is 76.9 Å². The average Bonchev–Trinajstić information content (AvgIpc) is 3.00. The number of hydrogen-bond acceptors (Lipinski definition) is 5. The molecular formula is C17H29FN2O4. The van der Waals surface area contributed by atoms with Crippen molar-refractivity contribution < 1.29 is 23.8 Å². The summed E-state index contributed by atoms with van der Waals surface area (Å²) in [5.74, 6) is -4.42. The topological polar surface area (TPSA) is 78.9 Å². The molecule has 0 aromatic carbocycles. The van der Waals surface area contributed by atoms with Crippen molar-refractivity contribution in [1.29, 1.82) is 0 Å². The highest BCUT2D eigenvalue weighted by Gasteiger charge is 2.50. The lowest BCUT2D eigenvalue weighted by atomic mass is 9.86. The van der Waals surface area contributed by atoms with Gasteiger partial charge in [0.1, 0.15) is 5.60 Å². The lowest BCUT2D eigenvalue weighted by Crippen LogP contribution is -2.64. The van der Waals surface area contributed by atoms with Gasteiger partial charge in [0.05, 0.1) is 5.92 Å². The molecule has 7 heteroatoms. The first-order valence-corrected chi connectivity index (χ1v) is 8.80. The molecule has 1 saturated heterocycles. The number of rotatable bonds is 5. The fraction of sp³-hybridized carbons (Fsp3) is 0.882. The number of esters is 1. The zero-order valence-corrected chi connectivity index (χ0v) is 14.8. The first-order valence-electron chi connectivity index (χ1n) is 8.80. The molecule has 1 aliphatic heterocycles. The summed E-state index contributed by atoms with van der Waals surface area (Å²) in [7, 11) is 0. The first-order chi connectivity index (χ1) is 11.1. The minimum Gasteiger partial charge on any atom is -0.481 e. The Labute approximate surface area is 142 Å². The van der Waals surface area contributed by atoms with Crippen molar-refractivity contribution in [1.82, 2.24) is 10.2 Å². The second kappa shape index (κ2) is 7.35. The maximum absolute atomic E-state index is 15.7. The molecule has 1 unspecified atom stereocenters. The lowest BCUT2D eigenvalue weighted by molar-refractivity contribution is -0.191. The number of carbonyl (C=O) groups is 2. The van der Waals surface area contributed by atoms with Gasteiger partial charge in [-0.2, -0.15) is 4.39 Å².